The molecule has 1 aromatic carbocycles. The van der Waals surface area contributed by atoms with Crippen molar-refractivity contribution in [1.82, 2.24) is 9.97 Å². The van der Waals surface area contributed by atoms with E-state index in [-0.39, 0.29) is 6.04 Å². The topological polar surface area (TPSA) is 54.7 Å². The number of hydrogen-bond donors (Lipinski definition) is 2. The lowest BCUT2D eigenvalue weighted by Crippen LogP contribution is -2.14. The van der Waals surface area contributed by atoms with Crippen molar-refractivity contribution in [3.63, 3.8) is 0 Å². The Morgan fingerprint density at radius 2 is 2.00 bits per heavy atom. The molecule has 1 heterocycles. The largest absolute Gasteiger partial charge is 0.335 e. The number of rotatable bonds is 2. The molecule has 0 saturated heterocycles. The van der Waals surface area contributed by atoms with Crippen molar-refractivity contribution < 1.29 is 0 Å². The molecular formula is C10H9Br2N3. The quantitative estimate of drug-likeness (QED) is 0.889. The summed E-state index contributed by atoms with van der Waals surface area (Å²) in [6.45, 7) is 0. The van der Waals surface area contributed by atoms with Gasteiger partial charge in [-0.25, -0.2) is 4.98 Å². The van der Waals surface area contributed by atoms with Gasteiger partial charge >= 0.3 is 0 Å². The first-order valence-corrected chi connectivity index (χ1v) is 5.97. The van der Waals surface area contributed by atoms with Crippen molar-refractivity contribution in [3.05, 3.63) is 50.9 Å². The molecule has 78 valence electrons. The van der Waals surface area contributed by atoms with E-state index in [1.54, 1.807) is 6.20 Å². The maximum absolute atomic E-state index is 6.09. The van der Waals surface area contributed by atoms with E-state index in [2.05, 4.69) is 41.8 Å². The summed E-state index contributed by atoms with van der Waals surface area (Å²) >= 11 is 6.77. The van der Waals surface area contributed by atoms with Gasteiger partial charge in [0.15, 0.2) is 0 Å². The van der Waals surface area contributed by atoms with Crippen LogP contribution >= 0.6 is 31.9 Å². The second kappa shape index (κ2) is 4.47. The van der Waals surface area contributed by atoms with Crippen LogP contribution in [0, 0.1) is 0 Å². The summed E-state index contributed by atoms with van der Waals surface area (Å²) in [5.74, 6) is 0.744. The van der Waals surface area contributed by atoms with Gasteiger partial charge in [0.1, 0.15) is 10.4 Å². The monoisotopic (exact) mass is 329 g/mol. The van der Waals surface area contributed by atoms with Crippen molar-refractivity contribution in [3.8, 4) is 0 Å². The number of nitrogens with zero attached hydrogens (tertiary/aromatic N) is 1. The first-order valence-electron chi connectivity index (χ1n) is 4.39. The lowest BCUT2D eigenvalue weighted by molar-refractivity contribution is 0.795. The lowest BCUT2D eigenvalue weighted by Gasteiger charge is -2.10. The molecule has 1 unspecified atom stereocenters. The average Bonchev–Trinajstić information content (AvgIpc) is 2.65. The Labute approximate surface area is 104 Å². The Hall–Kier alpha value is -0.650. The Morgan fingerprint density at radius 3 is 2.60 bits per heavy atom. The second-order valence-corrected chi connectivity index (χ2v) is 4.82. The highest BCUT2D eigenvalue weighted by atomic mass is 79.9. The number of H-pyrrole nitrogens is 1. The normalized spacial score (nSPS) is 12.7. The number of benzene rings is 1. The third-order valence-electron chi connectivity index (χ3n) is 2.10. The lowest BCUT2D eigenvalue weighted by atomic mass is 10.1. The molecule has 0 fully saturated rings. The Morgan fingerprint density at radius 1 is 1.27 bits per heavy atom. The van der Waals surface area contributed by atoms with Crippen LogP contribution in [0.25, 0.3) is 0 Å². The molecule has 1 aromatic heterocycles. The fourth-order valence-electron chi connectivity index (χ4n) is 1.35. The first-order chi connectivity index (χ1) is 7.18. The molecule has 3 N–H and O–H groups in total. The maximum atomic E-state index is 6.09. The minimum absolute atomic E-state index is 0.244. The van der Waals surface area contributed by atoms with Crippen LogP contribution in [0.15, 0.2) is 39.5 Å². The van der Waals surface area contributed by atoms with Crippen LogP contribution in [-0.4, -0.2) is 9.97 Å². The van der Waals surface area contributed by atoms with Crippen LogP contribution < -0.4 is 5.73 Å². The van der Waals surface area contributed by atoms with Crippen LogP contribution in [-0.2, 0) is 0 Å². The number of nitrogens with two attached hydrogens (primary N) is 1. The summed E-state index contributed by atoms with van der Waals surface area (Å²) in [5.41, 5.74) is 7.10. The third kappa shape index (κ3) is 2.30. The second-order valence-electron chi connectivity index (χ2n) is 3.12. The Balaban J connectivity index is 2.36. The minimum atomic E-state index is -0.244. The SMILES string of the molecule is NC(c1ncc(Br)[nH]1)c1ccccc1Br. The molecule has 0 spiro atoms. The molecule has 2 rings (SSSR count). The molecule has 15 heavy (non-hydrogen) atoms. The first kappa shape index (κ1) is 10.9. The van der Waals surface area contributed by atoms with Crippen LogP contribution in [0.4, 0.5) is 0 Å². The van der Waals surface area contributed by atoms with E-state index < -0.39 is 0 Å². The fourth-order valence-corrected chi connectivity index (χ4v) is 2.18. The zero-order valence-corrected chi connectivity index (χ0v) is 10.9. The highest BCUT2D eigenvalue weighted by Gasteiger charge is 2.14. The van der Waals surface area contributed by atoms with Gasteiger partial charge in [-0.15, -0.1) is 0 Å². The smallest absolute Gasteiger partial charge is 0.128 e. The molecule has 0 saturated carbocycles. The van der Waals surface area contributed by atoms with Crippen LogP contribution in [0.2, 0.25) is 0 Å². The highest BCUT2D eigenvalue weighted by molar-refractivity contribution is 9.10. The standard InChI is InChI=1S/C10H9Br2N3/c11-7-4-2-1-3-6(7)9(13)10-14-5-8(12)15-10/h1-5,9H,13H2,(H,14,15). The van der Waals surface area contributed by atoms with Gasteiger partial charge in [0.2, 0.25) is 0 Å². The number of halogens is 2. The van der Waals surface area contributed by atoms with Crippen molar-refractivity contribution in [2.24, 2.45) is 5.73 Å². The third-order valence-corrected chi connectivity index (χ3v) is 3.22. The summed E-state index contributed by atoms with van der Waals surface area (Å²) in [4.78, 5) is 7.25. The molecule has 1 atom stereocenters. The fraction of sp³-hybridized carbons (Fsp3) is 0.100. The molecule has 2 aromatic rings. The van der Waals surface area contributed by atoms with Crippen LogP contribution in [0.3, 0.4) is 0 Å². The van der Waals surface area contributed by atoms with Gasteiger partial charge in [-0.3, -0.25) is 0 Å². The molecule has 3 nitrogen and oxygen atoms in total. The van der Waals surface area contributed by atoms with E-state index in [0.717, 1.165) is 20.5 Å². The van der Waals surface area contributed by atoms with Crippen molar-refractivity contribution >= 4 is 31.9 Å². The van der Waals surface area contributed by atoms with Crippen molar-refractivity contribution in [2.75, 3.05) is 0 Å². The summed E-state index contributed by atoms with van der Waals surface area (Å²) in [7, 11) is 0. The van der Waals surface area contributed by atoms with Crippen LogP contribution in [0.5, 0.6) is 0 Å². The van der Waals surface area contributed by atoms with Gasteiger partial charge in [-0.2, -0.15) is 0 Å². The Kier molecular flexibility index (Phi) is 3.23. The highest BCUT2D eigenvalue weighted by Crippen LogP contribution is 2.25. The summed E-state index contributed by atoms with van der Waals surface area (Å²) in [5, 5.41) is 0. The van der Waals surface area contributed by atoms with Gasteiger partial charge in [0, 0.05) is 4.47 Å². The van der Waals surface area contributed by atoms with Gasteiger partial charge < -0.3 is 10.7 Å². The predicted octanol–water partition coefficient (Wildman–Crippen LogP) is 2.98. The molecule has 0 aliphatic rings. The van der Waals surface area contributed by atoms with Crippen molar-refractivity contribution in [2.45, 2.75) is 6.04 Å². The molecule has 0 amide bonds. The average molecular weight is 331 g/mol. The number of aromatic nitrogens is 2. The molecule has 5 heteroatoms. The van der Waals surface area contributed by atoms with Crippen LogP contribution in [0.1, 0.15) is 17.4 Å². The van der Waals surface area contributed by atoms with Gasteiger partial charge in [-0.05, 0) is 27.6 Å². The number of hydrogen-bond acceptors (Lipinski definition) is 2. The number of nitrogens with one attached hydrogen (secondary N) is 1. The number of aromatic amines is 1. The predicted molar refractivity (Wildman–Crippen MR) is 66.5 cm³/mol. The molecular weight excluding hydrogens is 322 g/mol. The van der Waals surface area contributed by atoms with E-state index >= 15 is 0 Å². The van der Waals surface area contributed by atoms with E-state index in [1.165, 1.54) is 0 Å². The van der Waals surface area contributed by atoms with E-state index in [1.807, 2.05) is 24.3 Å². The summed E-state index contributed by atoms with van der Waals surface area (Å²) < 4.78 is 1.82. The molecule has 0 aliphatic heterocycles. The number of imidazole rings is 1. The van der Waals surface area contributed by atoms with Gasteiger partial charge in [0.05, 0.1) is 12.2 Å². The zero-order valence-electron chi connectivity index (χ0n) is 7.74. The van der Waals surface area contributed by atoms with Gasteiger partial charge in [-0.1, -0.05) is 34.1 Å². The minimum Gasteiger partial charge on any atom is -0.335 e. The van der Waals surface area contributed by atoms with E-state index in [9.17, 15) is 0 Å². The molecule has 0 bridgehead atoms. The van der Waals surface area contributed by atoms with E-state index in [0.29, 0.717) is 0 Å². The maximum Gasteiger partial charge on any atom is 0.128 e. The summed E-state index contributed by atoms with van der Waals surface area (Å²) in [6, 6.07) is 7.61. The molecule has 0 aliphatic carbocycles. The Bertz CT molecular complexity index is 467. The van der Waals surface area contributed by atoms with Crippen molar-refractivity contribution in [1.29, 1.82) is 0 Å². The summed E-state index contributed by atoms with van der Waals surface area (Å²) in [6.07, 6.45) is 1.70. The van der Waals surface area contributed by atoms with Gasteiger partial charge in [0.25, 0.3) is 0 Å². The molecule has 0 radical (unpaired) electrons. The zero-order chi connectivity index (χ0) is 10.8. The van der Waals surface area contributed by atoms with E-state index in [4.69, 9.17) is 5.73 Å².